The van der Waals surface area contributed by atoms with E-state index in [0.29, 0.717) is 0 Å². The van der Waals surface area contributed by atoms with E-state index in [2.05, 4.69) is 0 Å². The summed E-state index contributed by atoms with van der Waals surface area (Å²) in [7, 11) is 0. The largest absolute Gasteiger partial charge is 0.481 e. The quantitative estimate of drug-likeness (QED) is 0.323. The van der Waals surface area contributed by atoms with E-state index in [1.54, 1.807) is 0 Å². The van der Waals surface area contributed by atoms with Crippen LogP contribution >= 0.6 is 0 Å². The fourth-order valence-corrected chi connectivity index (χ4v) is 0.367. The molecule has 0 bridgehead atoms. The van der Waals surface area contributed by atoms with Crippen LogP contribution in [0.2, 0.25) is 0 Å². The summed E-state index contributed by atoms with van der Waals surface area (Å²) in [6.07, 6.45) is -0.108. The maximum absolute atomic E-state index is 9.92. The molecule has 0 aliphatic carbocycles. The van der Waals surface area contributed by atoms with Crippen molar-refractivity contribution in [3.8, 4) is 0 Å². The number of nitrogens with two attached hydrogens (primary N) is 1. The highest BCUT2D eigenvalue weighted by atomic mass is 16.4. The van der Waals surface area contributed by atoms with E-state index in [4.69, 9.17) is 21.7 Å². The molecule has 5 N–H and O–H groups in total. The second-order valence-corrected chi connectivity index (χ2v) is 1.79. The lowest BCUT2D eigenvalue weighted by atomic mass is 10.2. The topological polar surface area (TPSA) is 111 Å². The molecular formula is C5H9N3O2. The Hall–Kier alpha value is -1.39. The monoisotopic (exact) mass is 143 g/mol. The van der Waals surface area contributed by atoms with Crippen molar-refractivity contribution in [2.45, 2.75) is 12.8 Å². The highest BCUT2D eigenvalue weighted by Crippen LogP contribution is 1.89. The van der Waals surface area contributed by atoms with Gasteiger partial charge >= 0.3 is 5.97 Å². The number of amidine groups is 1. The summed E-state index contributed by atoms with van der Waals surface area (Å²) in [4.78, 5) is 9.92. The van der Waals surface area contributed by atoms with Crippen molar-refractivity contribution >= 4 is 17.5 Å². The molecule has 0 radical (unpaired) electrons. The zero-order valence-electron chi connectivity index (χ0n) is 5.35. The van der Waals surface area contributed by atoms with E-state index in [-0.39, 0.29) is 24.4 Å². The average molecular weight is 143 g/mol. The van der Waals surface area contributed by atoms with E-state index in [1.807, 2.05) is 0 Å². The third kappa shape index (κ3) is 3.59. The Morgan fingerprint density at radius 2 is 1.90 bits per heavy atom. The second kappa shape index (κ2) is 3.60. The molecule has 56 valence electrons. The minimum absolute atomic E-state index is 0.0324. The van der Waals surface area contributed by atoms with Gasteiger partial charge in [0, 0.05) is 6.42 Å². The minimum Gasteiger partial charge on any atom is -0.481 e. The molecule has 0 aliphatic heterocycles. The Balaban J connectivity index is 3.60. The van der Waals surface area contributed by atoms with Crippen molar-refractivity contribution in [3.63, 3.8) is 0 Å². The Morgan fingerprint density at radius 3 is 2.20 bits per heavy atom. The summed E-state index contributed by atoms with van der Waals surface area (Å²) in [5, 5.41) is 21.8. The van der Waals surface area contributed by atoms with Gasteiger partial charge in [0.2, 0.25) is 0 Å². The molecule has 0 fully saturated rings. The van der Waals surface area contributed by atoms with Crippen molar-refractivity contribution < 1.29 is 9.90 Å². The van der Waals surface area contributed by atoms with E-state index in [1.165, 1.54) is 0 Å². The van der Waals surface area contributed by atoms with Crippen LogP contribution in [0.4, 0.5) is 0 Å². The summed E-state index contributed by atoms with van der Waals surface area (Å²) in [5.74, 6) is -1.34. The van der Waals surface area contributed by atoms with Crippen LogP contribution in [0.3, 0.4) is 0 Å². The molecule has 10 heavy (non-hydrogen) atoms. The number of hydrogen-bond acceptors (Lipinski definition) is 3. The van der Waals surface area contributed by atoms with Gasteiger partial charge in [-0.15, -0.1) is 0 Å². The normalized spacial score (nSPS) is 8.80. The van der Waals surface area contributed by atoms with Gasteiger partial charge in [0.25, 0.3) is 0 Å². The van der Waals surface area contributed by atoms with Crippen molar-refractivity contribution in [1.82, 2.24) is 0 Å². The zero-order valence-corrected chi connectivity index (χ0v) is 5.35. The van der Waals surface area contributed by atoms with Crippen LogP contribution in [-0.4, -0.2) is 22.6 Å². The Bertz CT molecular complexity index is 176. The Labute approximate surface area is 57.9 Å². The number of hydrogen-bond donors (Lipinski definition) is 4. The third-order valence-electron chi connectivity index (χ3n) is 0.914. The van der Waals surface area contributed by atoms with Crippen LogP contribution in [0, 0.1) is 10.8 Å². The number of rotatable bonds is 4. The van der Waals surface area contributed by atoms with Gasteiger partial charge in [0.05, 0.1) is 12.1 Å². The molecule has 5 nitrogen and oxygen atoms in total. The van der Waals surface area contributed by atoms with Gasteiger partial charge in [-0.1, -0.05) is 0 Å². The van der Waals surface area contributed by atoms with Crippen LogP contribution in [0.5, 0.6) is 0 Å². The highest BCUT2D eigenvalue weighted by Gasteiger charge is 2.03. The van der Waals surface area contributed by atoms with Gasteiger partial charge in [0.15, 0.2) is 0 Å². The van der Waals surface area contributed by atoms with Crippen molar-refractivity contribution in [3.05, 3.63) is 0 Å². The van der Waals surface area contributed by atoms with Crippen molar-refractivity contribution in [1.29, 1.82) is 10.8 Å². The third-order valence-corrected chi connectivity index (χ3v) is 0.914. The zero-order chi connectivity index (χ0) is 8.15. The number of carboxylic acids is 1. The SMILES string of the molecule is N=C(N)C(=N)CCC(=O)O. The predicted octanol–water partition coefficient (Wildman–Crippen LogP) is -0.193. The molecule has 0 aliphatic rings. The summed E-state index contributed by atoms with van der Waals surface area (Å²) < 4.78 is 0. The molecule has 0 aromatic rings. The van der Waals surface area contributed by atoms with Gasteiger partial charge in [0.1, 0.15) is 5.84 Å². The summed E-state index contributed by atoms with van der Waals surface area (Å²) in [6.45, 7) is 0. The molecule has 0 aromatic carbocycles. The molecule has 5 heteroatoms. The summed E-state index contributed by atoms with van der Waals surface area (Å²) in [5.41, 5.74) is 4.77. The minimum atomic E-state index is -0.981. The number of nitrogens with one attached hydrogen (secondary N) is 2. The van der Waals surface area contributed by atoms with Gasteiger partial charge in [-0.25, -0.2) is 0 Å². The fourth-order valence-electron chi connectivity index (χ4n) is 0.367. The van der Waals surface area contributed by atoms with Crippen LogP contribution < -0.4 is 5.73 Å². The van der Waals surface area contributed by atoms with Crippen molar-refractivity contribution in [2.75, 3.05) is 0 Å². The number of aliphatic carboxylic acids is 1. The summed E-state index contributed by atoms with van der Waals surface area (Å²) in [6, 6.07) is 0. The van der Waals surface area contributed by atoms with Crippen LogP contribution in [0.1, 0.15) is 12.8 Å². The summed E-state index contributed by atoms with van der Waals surface area (Å²) >= 11 is 0. The average Bonchev–Trinajstić information content (AvgIpc) is 1.82. The lowest BCUT2D eigenvalue weighted by Gasteiger charge is -1.96. The number of carbonyl (C=O) groups is 1. The molecule has 0 saturated heterocycles. The Morgan fingerprint density at radius 1 is 1.40 bits per heavy atom. The molecule has 0 spiro atoms. The van der Waals surface area contributed by atoms with Crippen molar-refractivity contribution in [2.24, 2.45) is 5.73 Å². The molecule has 0 atom stereocenters. The smallest absolute Gasteiger partial charge is 0.303 e. The van der Waals surface area contributed by atoms with Gasteiger partial charge in [-0.3, -0.25) is 10.2 Å². The fraction of sp³-hybridized carbons (Fsp3) is 0.400. The molecule has 0 heterocycles. The van der Waals surface area contributed by atoms with Crippen LogP contribution in [-0.2, 0) is 4.79 Å². The molecule has 0 rings (SSSR count). The van der Waals surface area contributed by atoms with E-state index in [0.717, 1.165) is 0 Å². The first-order chi connectivity index (χ1) is 4.54. The highest BCUT2D eigenvalue weighted by molar-refractivity contribution is 6.38. The lowest BCUT2D eigenvalue weighted by Crippen LogP contribution is -2.21. The first kappa shape index (κ1) is 8.61. The van der Waals surface area contributed by atoms with E-state index in [9.17, 15) is 4.79 Å². The number of carboxylic acid groups (broad SMARTS) is 1. The van der Waals surface area contributed by atoms with Gasteiger partial charge in [-0.2, -0.15) is 0 Å². The Kier molecular flexibility index (Phi) is 3.10. The first-order valence-electron chi connectivity index (χ1n) is 2.67. The maximum Gasteiger partial charge on any atom is 0.303 e. The molecular weight excluding hydrogens is 134 g/mol. The standard InChI is InChI=1S/C5H9N3O2/c6-3(5(7)8)1-2-4(9)10/h6H,1-2H2,(H3,7,8)(H,9,10). The van der Waals surface area contributed by atoms with Gasteiger partial charge < -0.3 is 16.2 Å². The molecule has 0 saturated carbocycles. The van der Waals surface area contributed by atoms with Crippen LogP contribution in [0.25, 0.3) is 0 Å². The van der Waals surface area contributed by atoms with Gasteiger partial charge in [-0.05, 0) is 0 Å². The molecule has 0 amide bonds. The van der Waals surface area contributed by atoms with E-state index >= 15 is 0 Å². The molecule has 0 aromatic heterocycles. The first-order valence-corrected chi connectivity index (χ1v) is 2.67. The lowest BCUT2D eigenvalue weighted by molar-refractivity contribution is -0.136. The predicted molar refractivity (Wildman–Crippen MR) is 36.5 cm³/mol. The van der Waals surface area contributed by atoms with E-state index < -0.39 is 5.97 Å². The second-order valence-electron chi connectivity index (χ2n) is 1.79. The molecule has 0 unspecified atom stereocenters. The maximum atomic E-state index is 9.92. The van der Waals surface area contributed by atoms with Crippen LogP contribution in [0.15, 0.2) is 0 Å².